The van der Waals surface area contributed by atoms with Crippen LogP contribution in [-0.2, 0) is 11.0 Å². The molecule has 4 heteroatoms. The molecule has 2 rings (SSSR count). The van der Waals surface area contributed by atoms with Crippen molar-refractivity contribution in [3.8, 4) is 11.3 Å². The Morgan fingerprint density at radius 1 is 1.10 bits per heavy atom. The average Bonchev–Trinajstić information content (AvgIpc) is 2.67. The van der Waals surface area contributed by atoms with Gasteiger partial charge >= 0.3 is 0 Å². The van der Waals surface area contributed by atoms with E-state index in [1.165, 1.54) is 0 Å². The van der Waals surface area contributed by atoms with Gasteiger partial charge in [0.05, 0.1) is 0 Å². The van der Waals surface area contributed by atoms with Gasteiger partial charge in [-0.1, -0.05) is 20.8 Å². The van der Waals surface area contributed by atoms with Gasteiger partial charge in [0, 0.05) is 28.9 Å². The van der Waals surface area contributed by atoms with Gasteiger partial charge in [0.1, 0.15) is 17.3 Å². The maximum atomic E-state index is 6.46. The highest BCUT2D eigenvalue weighted by Crippen LogP contribution is 2.36. The summed E-state index contributed by atoms with van der Waals surface area (Å²) in [6.07, 6.45) is 3.63. The van der Waals surface area contributed by atoms with Crippen LogP contribution in [0.3, 0.4) is 0 Å². The zero-order valence-electron chi connectivity index (χ0n) is 14.2. The van der Waals surface area contributed by atoms with Crippen LogP contribution in [0.1, 0.15) is 52.9 Å². The van der Waals surface area contributed by atoms with Crippen molar-refractivity contribution in [3.05, 3.63) is 29.8 Å². The summed E-state index contributed by atoms with van der Waals surface area (Å²) in [5.41, 5.74) is 9.24. The third-order valence-corrected chi connectivity index (χ3v) is 3.55. The molecule has 0 fully saturated rings. The van der Waals surface area contributed by atoms with Crippen molar-refractivity contribution < 1.29 is 0 Å². The summed E-state index contributed by atoms with van der Waals surface area (Å²) in [7, 11) is 0. The van der Waals surface area contributed by atoms with E-state index < -0.39 is 0 Å². The van der Waals surface area contributed by atoms with Crippen molar-refractivity contribution in [1.29, 1.82) is 0 Å². The maximum Gasteiger partial charge on any atom is 0.132 e. The molecule has 0 atom stereocenters. The van der Waals surface area contributed by atoms with E-state index in [2.05, 4.69) is 58.0 Å². The van der Waals surface area contributed by atoms with Crippen LogP contribution in [0.15, 0.2) is 18.5 Å². The molecule has 0 aliphatic carbocycles. The van der Waals surface area contributed by atoms with E-state index in [1.807, 2.05) is 12.3 Å². The predicted molar refractivity (Wildman–Crippen MR) is 88.3 cm³/mol. The highest BCUT2D eigenvalue weighted by Gasteiger charge is 2.31. The van der Waals surface area contributed by atoms with Crippen molar-refractivity contribution in [2.45, 2.75) is 59.4 Å². The summed E-state index contributed by atoms with van der Waals surface area (Å²) in [6.45, 7) is 15.0. The normalized spacial score (nSPS) is 12.7. The summed E-state index contributed by atoms with van der Waals surface area (Å²) in [6, 6.07) is 1.99. The molecule has 0 bridgehead atoms. The van der Waals surface area contributed by atoms with Crippen molar-refractivity contribution in [2.75, 3.05) is 5.73 Å². The molecule has 2 N–H and O–H groups in total. The number of rotatable bonds is 1. The van der Waals surface area contributed by atoms with Gasteiger partial charge in [0.25, 0.3) is 0 Å². The second-order valence-corrected chi connectivity index (χ2v) is 7.62. The highest BCUT2D eigenvalue weighted by molar-refractivity contribution is 5.73. The third kappa shape index (κ3) is 2.80. The lowest BCUT2D eigenvalue weighted by Crippen LogP contribution is -2.30. The fraction of sp³-hybridized carbons (Fsp3) is 0.529. The number of nitrogens with zero attached hydrogens (tertiary/aromatic N) is 3. The zero-order valence-corrected chi connectivity index (χ0v) is 14.2. The molecule has 21 heavy (non-hydrogen) atoms. The Hall–Kier alpha value is -1.84. The largest absolute Gasteiger partial charge is 0.383 e. The lowest BCUT2D eigenvalue weighted by Gasteiger charge is -2.29. The first-order chi connectivity index (χ1) is 9.53. The number of hydrogen-bond donors (Lipinski definition) is 1. The molecule has 2 aromatic rings. The molecule has 0 aliphatic heterocycles. The van der Waals surface area contributed by atoms with Gasteiger partial charge in [-0.3, -0.25) is 4.98 Å². The van der Waals surface area contributed by atoms with E-state index in [4.69, 9.17) is 10.7 Å². The van der Waals surface area contributed by atoms with E-state index in [0.717, 1.165) is 22.6 Å². The average molecular weight is 286 g/mol. The predicted octanol–water partition coefficient (Wildman–Crippen LogP) is 3.89. The summed E-state index contributed by atoms with van der Waals surface area (Å²) in [4.78, 5) is 9.10. The van der Waals surface area contributed by atoms with Gasteiger partial charge in [-0.15, -0.1) is 0 Å². The molecule has 4 nitrogen and oxygen atoms in total. The van der Waals surface area contributed by atoms with Crippen molar-refractivity contribution in [3.63, 3.8) is 0 Å². The maximum absolute atomic E-state index is 6.46. The molecule has 0 aliphatic rings. The van der Waals surface area contributed by atoms with E-state index in [1.54, 1.807) is 6.20 Å². The van der Waals surface area contributed by atoms with Crippen LogP contribution < -0.4 is 5.73 Å². The number of nitrogen functional groups attached to an aromatic ring is 1. The highest BCUT2D eigenvalue weighted by atomic mass is 15.2. The van der Waals surface area contributed by atoms with E-state index in [9.17, 15) is 0 Å². The van der Waals surface area contributed by atoms with Crippen LogP contribution in [0.2, 0.25) is 0 Å². The Balaban J connectivity index is 2.77. The molecule has 2 heterocycles. The summed E-state index contributed by atoms with van der Waals surface area (Å²) >= 11 is 0. The summed E-state index contributed by atoms with van der Waals surface area (Å²) in [5.74, 6) is 1.72. The quantitative estimate of drug-likeness (QED) is 0.865. The van der Waals surface area contributed by atoms with Gasteiger partial charge in [0.2, 0.25) is 0 Å². The molecule has 0 radical (unpaired) electrons. The Kier molecular flexibility index (Phi) is 3.60. The first kappa shape index (κ1) is 15.5. The minimum absolute atomic E-state index is 0.0736. The Morgan fingerprint density at radius 2 is 1.71 bits per heavy atom. The topological polar surface area (TPSA) is 56.7 Å². The first-order valence-corrected chi connectivity index (χ1v) is 7.33. The van der Waals surface area contributed by atoms with Crippen molar-refractivity contribution >= 4 is 5.82 Å². The zero-order chi connectivity index (χ0) is 16.0. The molecule has 0 spiro atoms. The Morgan fingerprint density at radius 3 is 2.14 bits per heavy atom. The third-order valence-electron chi connectivity index (χ3n) is 3.55. The van der Waals surface area contributed by atoms with Crippen molar-refractivity contribution in [1.82, 2.24) is 14.5 Å². The number of hydrogen-bond acceptors (Lipinski definition) is 3. The first-order valence-electron chi connectivity index (χ1n) is 7.33. The molecule has 0 unspecified atom stereocenters. The second-order valence-electron chi connectivity index (χ2n) is 7.62. The standard InChI is InChI=1S/C17H26N4/c1-11-8-9-19-10-12(11)13-14(18)21(17(5,6)7)15(20-13)16(2,3)4/h8-10H,18H2,1-7H3. The van der Waals surface area contributed by atoms with E-state index in [-0.39, 0.29) is 11.0 Å². The van der Waals surface area contributed by atoms with Crippen LogP contribution in [0, 0.1) is 6.92 Å². The van der Waals surface area contributed by atoms with E-state index in [0.29, 0.717) is 5.82 Å². The molecular weight excluding hydrogens is 260 g/mol. The fourth-order valence-corrected chi connectivity index (χ4v) is 2.53. The molecule has 0 saturated carbocycles. The number of aromatic nitrogens is 3. The summed E-state index contributed by atoms with van der Waals surface area (Å²) < 4.78 is 2.15. The second kappa shape index (κ2) is 4.86. The molecule has 2 aromatic heterocycles. The number of nitrogens with two attached hydrogens (primary N) is 1. The van der Waals surface area contributed by atoms with Crippen molar-refractivity contribution in [2.24, 2.45) is 0 Å². The van der Waals surface area contributed by atoms with Crippen LogP contribution in [0.5, 0.6) is 0 Å². The number of aryl methyl sites for hydroxylation is 1. The van der Waals surface area contributed by atoms with E-state index >= 15 is 0 Å². The molecule has 0 saturated heterocycles. The lowest BCUT2D eigenvalue weighted by atomic mass is 9.94. The van der Waals surface area contributed by atoms with Gasteiger partial charge in [-0.25, -0.2) is 4.98 Å². The number of imidazole rings is 1. The Bertz CT molecular complexity index is 654. The monoisotopic (exact) mass is 286 g/mol. The molecule has 0 amide bonds. The molecular formula is C17H26N4. The van der Waals surface area contributed by atoms with Crippen LogP contribution in [0.25, 0.3) is 11.3 Å². The van der Waals surface area contributed by atoms with Gasteiger partial charge in [-0.05, 0) is 39.3 Å². The van der Waals surface area contributed by atoms with Gasteiger partial charge in [-0.2, -0.15) is 0 Å². The van der Waals surface area contributed by atoms with Gasteiger partial charge in [0.15, 0.2) is 0 Å². The molecule has 114 valence electrons. The smallest absolute Gasteiger partial charge is 0.132 e. The van der Waals surface area contributed by atoms with Crippen LogP contribution in [-0.4, -0.2) is 14.5 Å². The molecule has 0 aromatic carbocycles. The Labute approximate surface area is 127 Å². The number of pyridine rings is 1. The van der Waals surface area contributed by atoms with Crippen LogP contribution >= 0.6 is 0 Å². The van der Waals surface area contributed by atoms with Crippen LogP contribution in [0.4, 0.5) is 5.82 Å². The summed E-state index contributed by atoms with van der Waals surface area (Å²) in [5, 5.41) is 0. The SMILES string of the molecule is Cc1ccncc1-c1nc(C(C)(C)C)n(C(C)(C)C)c1N. The van der Waals surface area contributed by atoms with Gasteiger partial charge < -0.3 is 10.3 Å². The minimum atomic E-state index is -0.117. The fourth-order valence-electron chi connectivity index (χ4n) is 2.53. The number of anilines is 1. The minimum Gasteiger partial charge on any atom is -0.383 e. The lowest BCUT2D eigenvalue weighted by molar-refractivity contribution is 0.359.